The van der Waals surface area contributed by atoms with Crippen molar-refractivity contribution in [2.45, 2.75) is 0 Å². The molecule has 0 aliphatic rings. The summed E-state index contributed by atoms with van der Waals surface area (Å²) in [6, 6.07) is 5.25. The number of aromatic nitrogens is 1. The van der Waals surface area contributed by atoms with Crippen LogP contribution >= 0.6 is 15.9 Å². The van der Waals surface area contributed by atoms with Gasteiger partial charge in [0.05, 0.1) is 7.11 Å². The molecular weight excluding hydrogens is 274 g/mol. The first kappa shape index (κ1) is 10.9. The number of rotatable bonds is 1. The van der Waals surface area contributed by atoms with Gasteiger partial charge in [-0.2, -0.15) is 0 Å². The van der Waals surface area contributed by atoms with E-state index in [2.05, 4.69) is 25.7 Å². The van der Waals surface area contributed by atoms with Gasteiger partial charge < -0.3 is 9.72 Å². The smallest absolute Gasteiger partial charge is 0.343 e. The summed E-state index contributed by atoms with van der Waals surface area (Å²) in [6.45, 7) is 0. The first-order valence-corrected chi connectivity index (χ1v) is 5.32. The van der Waals surface area contributed by atoms with Crippen LogP contribution in [0.25, 0.3) is 10.9 Å². The molecule has 1 N–H and O–H groups in total. The Kier molecular flexibility index (Phi) is 2.78. The molecular formula is C11H8BrNO3. The molecule has 2 aromatic rings. The topological polar surface area (TPSA) is 59.2 Å². The standard InChI is InChI=1S/C11H8BrNO3/c1-16-11(15)8-5-13-9-3-2-6(12)4-7(9)10(8)14/h2-5H,1H3,(H,13,14). The highest BCUT2D eigenvalue weighted by atomic mass is 79.9. The number of carbonyl (C=O) groups excluding carboxylic acids is 1. The number of nitrogens with one attached hydrogen (secondary N) is 1. The summed E-state index contributed by atoms with van der Waals surface area (Å²) in [5.74, 6) is -0.636. The summed E-state index contributed by atoms with van der Waals surface area (Å²) in [5.41, 5.74) is 0.357. The highest BCUT2D eigenvalue weighted by molar-refractivity contribution is 9.10. The van der Waals surface area contributed by atoms with Crippen LogP contribution in [-0.4, -0.2) is 18.1 Å². The van der Waals surface area contributed by atoms with Gasteiger partial charge >= 0.3 is 5.97 Å². The van der Waals surface area contributed by atoms with Crippen LogP contribution in [-0.2, 0) is 4.74 Å². The van der Waals surface area contributed by atoms with E-state index < -0.39 is 5.97 Å². The average molecular weight is 282 g/mol. The minimum atomic E-state index is -0.636. The van der Waals surface area contributed by atoms with E-state index in [-0.39, 0.29) is 11.0 Å². The Balaban J connectivity index is 2.78. The third-order valence-electron chi connectivity index (χ3n) is 2.25. The third kappa shape index (κ3) is 1.74. The largest absolute Gasteiger partial charge is 0.465 e. The molecule has 1 aromatic carbocycles. The van der Waals surface area contributed by atoms with Crippen LogP contribution < -0.4 is 5.43 Å². The van der Waals surface area contributed by atoms with Gasteiger partial charge in [-0.3, -0.25) is 4.79 Å². The highest BCUT2D eigenvalue weighted by Gasteiger charge is 2.12. The maximum atomic E-state index is 11.9. The molecule has 0 unspecified atom stereocenters. The van der Waals surface area contributed by atoms with Gasteiger partial charge in [-0.05, 0) is 18.2 Å². The van der Waals surface area contributed by atoms with Gasteiger partial charge in [-0.25, -0.2) is 4.79 Å². The summed E-state index contributed by atoms with van der Waals surface area (Å²) in [6.07, 6.45) is 1.37. The van der Waals surface area contributed by atoms with Crippen LogP contribution in [0.2, 0.25) is 0 Å². The van der Waals surface area contributed by atoms with Crippen LogP contribution in [0, 0.1) is 0 Å². The molecule has 2 rings (SSSR count). The Bertz CT molecular complexity index is 618. The molecule has 0 bridgehead atoms. The number of H-pyrrole nitrogens is 1. The van der Waals surface area contributed by atoms with E-state index in [1.165, 1.54) is 13.3 Å². The molecule has 0 saturated heterocycles. The van der Waals surface area contributed by atoms with Gasteiger partial charge in [0.15, 0.2) is 0 Å². The van der Waals surface area contributed by atoms with Crippen molar-refractivity contribution in [3.8, 4) is 0 Å². The van der Waals surface area contributed by atoms with Crippen LogP contribution in [0.4, 0.5) is 0 Å². The fraction of sp³-hybridized carbons (Fsp3) is 0.0909. The van der Waals surface area contributed by atoms with Crippen molar-refractivity contribution in [1.29, 1.82) is 0 Å². The minimum absolute atomic E-state index is 0.00750. The third-order valence-corrected chi connectivity index (χ3v) is 2.74. The molecule has 1 heterocycles. The normalized spacial score (nSPS) is 10.4. The zero-order chi connectivity index (χ0) is 11.7. The Hall–Kier alpha value is -1.62. The number of ether oxygens (including phenoxy) is 1. The molecule has 16 heavy (non-hydrogen) atoms. The van der Waals surface area contributed by atoms with E-state index in [0.717, 1.165) is 4.47 Å². The predicted molar refractivity (Wildman–Crippen MR) is 63.6 cm³/mol. The highest BCUT2D eigenvalue weighted by Crippen LogP contribution is 2.15. The van der Waals surface area contributed by atoms with Crippen LogP contribution in [0.1, 0.15) is 10.4 Å². The number of methoxy groups -OCH3 is 1. The van der Waals surface area contributed by atoms with Crippen molar-refractivity contribution in [3.05, 3.63) is 44.7 Å². The molecule has 5 heteroatoms. The van der Waals surface area contributed by atoms with E-state index >= 15 is 0 Å². The fourth-order valence-electron chi connectivity index (χ4n) is 1.45. The summed E-state index contributed by atoms with van der Waals surface area (Å²) in [4.78, 5) is 26.1. The number of esters is 1. The Labute approximate surface area is 99.4 Å². The number of halogens is 1. The predicted octanol–water partition coefficient (Wildman–Crippen LogP) is 2.08. The van der Waals surface area contributed by atoms with E-state index in [1.54, 1.807) is 12.1 Å². The van der Waals surface area contributed by atoms with Gasteiger partial charge in [0, 0.05) is 21.6 Å². The van der Waals surface area contributed by atoms with E-state index in [9.17, 15) is 9.59 Å². The van der Waals surface area contributed by atoms with Crippen LogP contribution in [0.3, 0.4) is 0 Å². The van der Waals surface area contributed by atoms with Crippen molar-refractivity contribution < 1.29 is 9.53 Å². The Morgan fingerprint density at radius 3 is 2.88 bits per heavy atom. The Morgan fingerprint density at radius 1 is 1.44 bits per heavy atom. The SMILES string of the molecule is COC(=O)c1c[nH]c2ccc(Br)cc2c1=O. The molecule has 0 aliphatic heterocycles. The van der Waals surface area contributed by atoms with Gasteiger partial charge in [-0.15, -0.1) is 0 Å². The van der Waals surface area contributed by atoms with Crippen LogP contribution in [0.15, 0.2) is 33.7 Å². The Morgan fingerprint density at radius 2 is 2.19 bits per heavy atom. The van der Waals surface area contributed by atoms with E-state index in [1.807, 2.05) is 6.07 Å². The summed E-state index contributed by atoms with van der Waals surface area (Å²) < 4.78 is 5.31. The lowest BCUT2D eigenvalue weighted by Crippen LogP contribution is -2.16. The van der Waals surface area contributed by atoms with E-state index in [4.69, 9.17) is 0 Å². The minimum Gasteiger partial charge on any atom is -0.465 e. The summed E-state index contributed by atoms with van der Waals surface area (Å²) >= 11 is 3.28. The molecule has 0 saturated carbocycles. The monoisotopic (exact) mass is 281 g/mol. The second-order valence-corrected chi connectivity index (χ2v) is 4.13. The number of hydrogen-bond acceptors (Lipinski definition) is 3. The zero-order valence-corrected chi connectivity index (χ0v) is 10.00. The molecule has 0 amide bonds. The molecule has 4 nitrogen and oxygen atoms in total. The van der Waals surface area contributed by atoms with Crippen molar-refractivity contribution in [1.82, 2.24) is 4.98 Å². The molecule has 0 fully saturated rings. The van der Waals surface area contributed by atoms with E-state index in [0.29, 0.717) is 10.9 Å². The molecule has 0 aliphatic carbocycles. The fourth-order valence-corrected chi connectivity index (χ4v) is 1.81. The van der Waals surface area contributed by atoms with Crippen molar-refractivity contribution in [3.63, 3.8) is 0 Å². The lowest BCUT2D eigenvalue weighted by atomic mass is 10.1. The van der Waals surface area contributed by atoms with Crippen molar-refractivity contribution >= 4 is 32.8 Å². The lowest BCUT2D eigenvalue weighted by Gasteiger charge is -2.02. The van der Waals surface area contributed by atoms with Gasteiger partial charge in [0.25, 0.3) is 0 Å². The van der Waals surface area contributed by atoms with Gasteiger partial charge in [0.1, 0.15) is 5.56 Å². The maximum Gasteiger partial charge on any atom is 0.343 e. The molecule has 0 spiro atoms. The summed E-state index contributed by atoms with van der Waals surface area (Å²) in [7, 11) is 1.24. The van der Waals surface area contributed by atoms with Gasteiger partial charge in [-0.1, -0.05) is 15.9 Å². The number of benzene rings is 1. The molecule has 0 radical (unpaired) electrons. The number of aromatic amines is 1. The first-order valence-electron chi connectivity index (χ1n) is 4.52. The van der Waals surface area contributed by atoms with Crippen molar-refractivity contribution in [2.75, 3.05) is 7.11 Å². The number of pyridine rings is 1. The quantitative estimate of drug-likeness (QED) is 0.815. The molecule has 82 valence electrons. The second-order valence-electron chi connectivity index (χ2n) is 3.21. The van der Waals surface area contributed by atoms with Crippen molar-refractivity contribution in [2.24, 2.45) is 0 Å². The summed E-state index contributed by atoms with van der Waals surface area (Å²) in [5, 5.41) is 0.456. The lowest BCUT2D eigenvalue weighted by molar-refractivity contribution is 0.0599. The number of carbonyl (C=O) groups is 1. The van der Waals surface area contributed by atoms with Crippen LogP contribution in [0.5, 0.6) is 0 Å². The van der Waals surface area contributed by atoms with Gasteiger partial charge in [0.2, 0.25) is 5.43 Å². The molecule has 0 atom stereocenters. The average Bonchev–Trinajstić information content (AvgIpc) is 2.29. The second kappa shape index (κ2) is 4.09. The zero-order valence-electron chi connectivity index (χ0n) is 8.41. The number of fused-ring (bicyclic) bond motifs is 1. The first-order chi connectivity index (χ1) is 7.63. The maximum absolute atomic E-state index is 11.9. The number of hydrogen-bond donors (Lipinski definition) is 1. The molecule has 1 aromatic heterocycles.